The smallest absolute Gasteiger partial charge is 0.184 e. The Balaban J connectivity index is 1.87. The number of benzene rings is 1. The zero-order chi connectivity index (χ0) is 14.7. The molecule has 3 N–H and O–H groups in total. The summed E-state index contributed by atoms with van der Waals surface area (Å²) in [6.07, 6.45) is 3.30. The van der Waals surface area contributed by atoms with E-state index in [4.69, 9.17) is 10.2 Å². The molecule has 0 unspecified atom stereocenters. The first-order valence-corrected chi connectivity index (χ1v) is 6.67. The number of thiocarbonyl (C=S) groups is 1. The molecule has 0 aliphatic rings. The first-order valence-electron chi connectivity index (χ1n) is 6.26. The van der Waals surface area contributed by atoms with Crippen LogP contribution in [-0.2, 0) is 0 Å². The summed E-state index contributed by atoms with van der Waals surface area (Å²) >= 11 is 4.65. The van der Waals surface area contributed by atoms with Gasteiger partial charge < -0.3 is 10.2 Å². The molecule has 21 heavy (non-hydrogen) atoms. The van der Waals surface area contributed by atoms with Gasteiger partial charge >= 0.3 is 0 Å². The summed E-state index contributed by atoms with van der Waals surface area (Å²) in [6, 6.07) is 13.7. The summed E-state index contributed by atoms with van der Waals surface area (Å²) < 4.78 is 5.69. The number of aromatic nitrogens is 1. The standard InChI is InChI=1S/C15H12N4OS/c16-15(21)19-18-9-12-5-6-14(20-12)11-7-10-3-1-2-4-13(10)17-8-11/h1-9H,(H3,16,19,21)/b18-9+. The van der Waals surface area contributed by atoms with Gasteiger partial charge in [-0.3, -0.25) is 10.4 Å². The number of nitrogens with two attached hydrogens (primary N) is 1. The van der Waals surface area contributed by atoms with Crippen molar-refractivity contribution in [3.8, 4) is 11.3 Å². The molecule has 0 bridgehead atoms. The second-order valence-electron chi connectivity index (χ2n) is 4.35. The number of hydrogen-bond acceptors (Lipinski definition) is 4. The molecule has 3 aromatic rings. The second-order valence-corrected chi connectivity index (χ2v) is 4.79. The Kier molecular flexibility index (Phi) is 3.61. The Morgan fingerprint density at radius 3 is 3.00 bits per heavy atom. The Labute approximate surface area is 126 Å². The van der Waals surface area contributed by atoms with Crippen LogP contribution in [0.4, 0.5) is 0 Å². The maximum absolute atomic E-state index is 5.69. The minimum atomic E-state index is 0.108. The topological polar surface area (TPSA) is 76.4 Å². The molecule has 2 heterocycles. The second kappa shape index (κ2) is 5.72. The zero-order valence-corrected chi connectivity index (χ0v) is 11.8. The monoisotopic (exact) mass is 296 g/mol. The van der Waals surface area contributed by atoms with Crippen LogP contribution in [0.3, 0.4) is 0 Å². The van der Waals surface area contributed by atoms with Gasteiger partial charge in [0, 0.05) is 17.1 Å². The molecule has 2 aromatic heterocycles. The van der Waals surface area contributed by atoms with Gasteiger partial charge in [-0.15, -0.1) is 0 Å². The van der Waals surface area contributed by atoms with Crippen LogP contribution < -0.4 is 11.2 Å². The van der Waals surface area contributed by atoms with E-state index in [1.54, 1.807) is 6.20 Å². The van der Waals surface area contributed by atoms with Crippen molar-refractivity contribution >= 4 is 34.4 Å². The number of para-hydroxylation sites is 1. The van der Waals surface area contributed by atoms with Crippen LogP contribution in [0.5, 0.6) is 0 Å². The number of furan rings is 1. The maximum Gasteiger partial charge on any atom is 0.184 e. The molecule has 0 spiro atoms. The van der Waals surface area contributed by atoms with Crippen LogP contribution in [0.1, 0.15) is 5.76 Å². The molecule has 1 aromatic carbocycles. The van der Waals surface area contributed by atoms with Crippen LogP contribution in [0.25, 0.3) is 22.2 Å². The zero-order valence-electron chi connectivity index (χ0n) is 11.0. The minimum Gasteiger partial charge on any atom is -0.455 e. The molecule has 6 heteroatoms. The van der Waals surface area contributed by atoms with Crippen LogP contribution in [-0.4, -0.2) is 16.3 Å². The predicted octanol–water partition coefficient (Wildman–Crippen LogP) is 2.66. The third-order valence-electron chi connectivity index (χ3n) is 2.87. The molecule has 0 saturated heterocycles. The lowest BCUT2D eigenvalue weighted by Gasteiger charge is -2.00. The summed E-state index contributed by atoms with van der Waals surface area (Å²) in [5.74, 6) is 1.33. The van der Waals surface area contributed by atoms with Crippen molar-refractivity contribution in [2.24, 2.45) is 10.8 Å². The lowest BCUT2D eigenvalue weighted by atomic mass is 10.1. The van der Waals surface area contributed by atoms with Gasteiger partial charge in [0.25, 0.3) is 0 Å². The molecule has 0 fully saturated rings. The van der Waals surface area contributed by atoms with Crippen LogP contribution in [0.15, 0.2) is 58.2 Å². The van der Waals surface area contributed by atoms with Gasteiger partial charge in [-0.25, -0.2) is 0 Å². The third kappa shape index (κ3) is 3.06. The van der Waals surface area contributed by atoms with E-state index in [0.29, 0.717) is 5.76 Å². The molecule has 0 amide bonds. The quantitative estimate of drug-likeness (QED) is 0.441. The number of nitrogens with zero attached hydrogens (tertiary/aromatic N) is 2. The molecule has 0 aliphatic carbocycles. The predicted molar refractivity (Wildman–Crippen MR) is 87.0 cm³/mol. The van der Waals surface area contributed by atoms with Crippen molar-refractivity contribution in [3.63, 3.8) is 0 Å². The molecule has 0 aliphatic heterocycles. The summed E-state index contributed by atoms with van der Waals surface area (Å²) in [6.45, 7) is 0. The van der Waals surface area contributed by atoms with Crippen molar-refractivity contribution in [3.05, 3.63) is 54.4 Å². The van der Waals surface area contributed by atoms with E-state index in [9.17, 15) is 0 Å². The van der Waals surface area contributed by atoms with Crippen molar-refractivity contribution in [1.82, 2.24) is 10.4 Å². The van der Waals surface area contributed by atoms with Gasteiger partial charge in [0.05, 0.1) is 11.7 Å². The van der Waals surface area contributed by atoms with Gasteiger partial charge in [0.15, 0.2) is 5.11 Å². The van der Waals surface area contributed by atoms with E-state index in [1.807, 2.05) is 42.5 Å². The fourth-order valence-electron chi connectivity index (χ4n) is 1.94. The van der Waals surface area contributed by atoms with Crippen molar-refractivity contribution < 1.29 is 4.42 Å². The SMILES string of the molecule is NC(=S)N/N=C/c1ccc(-c2cnc3ccccc3c2)o1. The van der Waals surface area contributed by atoms with Crippen molar-refractivity contribution in [2.75, 3.05) is 0 Å². The van der Waals surface area contributed by atoms with E-state index < -0.39 is 0 Å². The van der Waals surface area contributed by atoms with Crippen molar-refractivity contribution in [1.29, 1.82) is 0 Å². The van der Waals surface area contributed by atoms with Crippen LogP contribution in [0, 0.1) is 0 Å². The highest BCUT2D eigenvalue weighted by Gasteiger charge is 2.05. The first kappa shape index (κ1) is 13.3. The molecule has 3 rings (SSSR count). The lowest BCUT2D eigenvalue weighted by Crippen LogP contribution is -2.23. The normalized spacial score (nSPS) is 11.0. The lowest BCUT2D eigenvalue weighted by molar-refractivity contribution is 0.574. The summed E-state index contributed by atoms with van der Waals surface area (Å²) in [5, 5.41) is 5.02. The Hall–Kier alpha value is -2.73. The number of hydrogen-bond donors (Lipinski definition) is 2. The summed E-state index contributed by atoms with van der Waals surface area (Å²) in [5.41, 5.74) is 9.61. The molecule has 0 radical (unpaired) electrons. The Morgan fingerprint density at radius 2 is 2.14 bits per heavy atom. The third-order valence-corrected chi connectivity index (χ3v) is 2.96. The number of nitrogens with one attached hydrogen (secondary N) is 1. The first-order chi connectivity index (χ1) is 10.2. The van der Waals surface area contributed by atoms with Gasteiger partial charge in [0.1, 0.15) is 11.5 Å². The van der Waals surface area contributed by atoms with E-state index in [-0.39, 0.29) is 5.11 Å². The largest absolute Gasteiger partial charge is 0.455 e. The fraction of sp³-hybridized carbons (Fsp3) is 0. The Bertz CT molecular complexity index is 825. The highest BCUT2D eigenvalue weighted by molar-refractivity contribution is 7.80. The Morgan fingerprint density at radius 1 is 1.29 bits per heavy atom. The average Bonchev–Trinajstić information content (AvgIpc) is 2.95. The highest BCUT2D eigenvalue weighted by atomic mass is 32.1. The van der Waals surface area contributed by atoms with E-state index in [2.05, 4.69) is 27.7 Å². The summed E-state index contributed by atoms with van der Waals surface area (Å²) in [4.78, 5) is 4.41. The van der Waals surface area contributed by atoms with E-state index >= 15 is 0 Å². The van der Waals surface area contributed by atoms with Crippen LogP contribution in [0.2, 0.25) is 0 Å². The van der Waals surface area contributed by atoms with Crippen LogP contribution >= 0.6 is 12.2 Å². The van der Waals surface area contributed by atoms with Gasteiger partial charge in [-0.1, -0.05) is 18.2 Å². The molecule has 0 atom stereocenters. The molecule has 104 valence electrons. The maximum atomic E-state index is 5.69. The number of rotatable bonds is 3. The number of fused-ring (bicyclic) bond motifs is 1. The molecule has 5 nitrogen and oxygen atoms in total. The molecule has 0 saturated carbocycles. The van der Waals surface area contributed by atoms with E-state index in [1.165, 1.54) is 6.21 Å². The minimum absolute atomic E-state index is 0.108. The fourth-order valence-corrected chi connectivity index (χ4v) is 2.00. The number of pyridine rings is 1. The number of hydrazone groups is 1. The van der Waals surface area contributed by atoms with Gasteiger partial charge in [-0.05, 0) is 36.5 Å². The highest BCUT2D eigenvalue weighted by Crippen LogP contribution is 2.24. The van der Waals surface area contributed by atoms with Gasteiger partial charge in [0.2, 0.25) is 0 Å². The molecular weight excluding hydrogens is 284 g/mol. The van der Waals surface area contributed by atoms with Crippen molar-refractivity contribution in [2.45, 2.75) is 0 Å². The average molecular weight is 296 g/mol. The molecular formula is C15H12N4OS. The summed E-state index contributed by atoms with van der Waals surface area (Å²) in [7, 11) is 0. The van der Waals surface area contributed by atoms with E-state index in [0.717, 1.165) is 22.2 Å². The van der Waals surface area contributed by atoms with Gasteiger partial charge in [-0.2, -0.15) is 5.10 Å².